The minimum Gasteiger partial charge on any atom is -0.496 e. The summed E-state index contributed by atoms with van der Waals surface area (Å²) in [6.45, 7) is 2.87. The Kier molecular flexibility index (Phi) is 11.0. The Morgan fingerprint density at radius 3 is 2.41 bits per heavy atom. The highest BCUT2D eigenvalue weighted by Crippen LogP contribution is 2.21. The zero-order valence-electron chi connectivity index (χ0n) is 22.8. The third-order valence-electron chi connectivity index (χ3n) is 5.82. The molecule has 0 aliphatic heterocycles. The smallest absolute Gasteiger partial charge is 0.256 e. The maximum Gasteiger partial charge on any atom is 0.256 e. The monoisotopic (exact) mass is 532 g/mol. The molecular formula is C29H36N6O4. The van der Waals surface area contributed by atoms with Crippen molar-refractivity contribution in [2.24, 2.45) is 0 Å². The Morgan fingerprint density at radius 2 is 1.72 bits per heavy atom. The maximum atomic E-state index is 12.9. The third-order valence-corrected chi connectivity index (χ3v) is 5.82. The van der Waals surface area contributed by atoms with Gasteiger partial charge in [0.1, 0.15) is 5.75 Å². The van der Waals surface area contributed by atoms with E-state index in [0.717, 1.165) is 22.4 Å². The van der Waals surface area contributed by atoms with Gasteiger partial charge >= 0.3 is 0 Å². The number of fused-ring (bicyclic) bond motifs is 1. The number of anilines is 1. The lowest BCUT2D eigenvalue weighted by Crippen LogP contribution is -2.25. The van der Waals surface area contributed by atoms with E-state index in [9.17, 15) is 9.59 Å². The van der Waals surface area contributed by atoms with Crippen LogP contribution in [-0.4, -0.2) is 66.5 Å². The Bertz CT molecular complexity index is 1440. The Morgan fingerprint density at radius 1 is 1.00 bits per heavy atom. The number of pyridine rings is 1. The second-order valence-electron chi connectivity index (χ2n) is 8.75. The van der Waals surface area contributed by atoms with Crippen molar-refractivity contribution in [1.29, 1.82) is 0 Å². The number of benzene rings is 2. The zero-order chi connectivity index (χ0) is 28.2. The van der Waals surface area contributed by atoms with Crippen LogP contribution in [0.3, 0.4) is 0 Å². The van der Waals surface area contributed by atoms with E-state index in [4.69, 9.17) is 9.84 Å². The number of aryl methyl sites for hydroxylation is 1. The van der Waals surface area contributed by atoms with Gasteiger partial charge in [0, 0.05) is 36.7 Å². The topological polar surface area (TPSA) is 130 Å². The van der Waals surface area contributed by atoms with Crippen LogP contribution in [0.5, 0.6) is 5.75 Å². The van der Waals surface area contributed by atoms with Gasteiger partial charge in [-0.3, -0.25) is 14.2 Å². The summed E-state index contributed by atoms with van der Waals surface area (Å²) >= 11 is 0. The van der Waals surface area contributed by atoms with E-state index in [1.165, 1.54) is 10.6 Å². The molecule has 4 rings (SSSR count). The molecule has 0 saturated carbocycles. The summed E-state index contributed by atoms with van der Waals surface area (Å²) < 4.78 is 6.93. The number of rotatable bonds is 10. The fraction of sp³-hybridized carbons (Fsp3) is 0.310. The molecule has 4 N–H and O–H groups in total. The summed E-state index contributed by atoms with van der Waals surface area (Å²) in [7, 11) is 5.40. The molecule has 10 heteroatoms. The van der Waals surface area contributed by atoms with Gasteiger partial charge in [0.2, 0.25) is 5.95 Å². The number of aliphatic hydroxyl groups excluding tert-OH is 1. The number of nitrogens with one attached hydrogen (secondary N) is 3. The Labute approximate surface area is 228 Å². The fourth-order valence-corrected chi connectivity index (χ4v) is 3.96. The predicted molar refractivity (Wildman–Crippen MR) is 154 cm³/mol. The average molecular weight is 533 g/mol. The number of para-hydroxylation sites is 1. The number of ether oxygens (including phenoxy) is 1. The number of carbonyl (C=O) groups excluding carboxylic acids is 1. The van der Waals surface area contributed by atoms with Crippen molar-refractivity contribution in [3.63, 3.8) is 0 Å². The summed E-state index contributed by atoms with van der Waals surface area (Å²) in [6, 6.07) is 17.8. The van der Waals surface area contributed by atoms with Crippen molar-refractivity contribution in [3.05, 3.63) is 87.8 Å². The summed E-state index contributed by atoms with van der Waals surface area (Å²) in [5.41, 5.74) is 3.12. The first-order chi connectivity index (χ1) is 18.9. The van der Waals surface area contributed by atoms with Crippen LogP contribution in [0.2, 0.25) is 0 Å². The molecule has 39 heavy (non-hydrogen) atoms. The molecule has 2 heterocycles. The molecule has 0 fully saturated rings. The van der Waals surface area contributed by atoms with Crippen LogP contribution in [0.25, 0.3) is 16.7 Å². The molecule has 2 aromatic carbocycles. The number of methoxy groups -OCH3 is 1. The maximum absolute atomic E-state index is 12.9. The van der Waals surface area contributed by atoms with Crippen molar-refractivity contribution < 1.29 is 14.6 Å². The van der Waals surface area contributed by atoms with Gasteiger partial charge in [-0.2, -0.15) is 4.98 Å². The standard InChI is InChI=1S/C27H29N5O4.C2H7N/c1-18-22-12-13-24(34)32(21-10-8-20(9-11-21)26(35)28-15-5-17-33)25(22)31-27(30-18)29-16-14-19-6-3-4-7-23(19)36-2;1-3-2/h3-4,6-13,33H,5,14-17H2,1-2H3,(H,28,35)(H,29,30,31);3H,1-2H3. The minimum absolute atomic E-state index is 0.0157. The molecule has 0 bridgehead atoms. The lowest BCUT2D eigenvalue weighted by Gasteiger charge is -2.14. The van der Waals surface area contributed by atoms with Gasteiger partial charge < -0.3 is 25.8 Å². The number of nitrogens with zero attached hydrogens (tertiary/aromatic N) is 3. The second kappa shape index (κ2) is 14.6. The highest BCUT2D eigenvalue weighted by Gasteiger charge is 2.13. The molecule has 0 radical (unpaired) electrons. The van der Waals surface area contributed by atoms with E-state index >= 15 is 0 Å². The lowest BCUT2D eigenvalue weighted by atomic mass is 10.1. The van der Waals surface area contributed by atoms with Gasteiger partial charge in [-0.25, -0.2) is 4.98 Å². The van der Waals surface area contributed by atoms with E-state index in [1.807, 2.05) is 45.3 Å². The largest absolute Gasteiger partial charge is 0.496 e. The molecule has 0 aliphatic rings. The van der Waals surface area contributed by atoms with Crippen molar-refractivity contribution >= 4 is 22.9 Å². The SMILES string of the molecule is CNC.COc1ccccc1CCNc1nc(C)c2ccc(=O)n(-c3ccc(C(=O)NCCCO)cc3)c2n1. The first-order valence-corrected chi connectivity index (χ1v) is 12.8. The second-order valence-corrected chi connectivity index (χ2v) is 8.75. The zero-order valence-corrected chi connectivity index (χ0v) is 22.8. The molecule has 206 valence electrons. The fourth-order valence-electron chi connectivity index (χ4n) is 3.96. The number of amides is 1. The minimum atomic E-state index is -0.236. The van der Waals surface area contributed by atoms with E-state index in [0.29, 0.717) is 48.8 Å². The molecule has 0 unspecified atom stereocenters. The normalized spacial score (nSPS) is 10.5. The number of hydrogen-bond donors (Lipinski definition) is 4. The van der Waals surface area contributed by atoms with Gasteiger partial charge in [-0.15, -0.1) is 0 Å². The molecule has 0 saturated heterocycles. The van der Waals surface area contributed by atoms with Crippen molar-refractivity contribution in [1.82, 2.24) is 25.2 Å². The average Bonchev–Trinajstić information content (AvgIpc) is 2.94. The molecule has 0 atom stereocenters. The van der Waals surface area contributed by atoms with Gasteiger partial charge in [0.15, 0.2) is 5.65 Å². The molecule has 2 aromatic heterocycles. The molecule has 10 nitrogen and oxygen atoms in total. The number of hydrogen-bond acceptors (Lipinski definition) is 8. The molecular weight excluding hydrogens is 496 g/mol. The van der Waals surface area contributed by atoms with Crippen LogP contribution in [0.4, 0.5) is 5.95 Å². The predicted octanol–water partition coefficient (Wildman–Crippen LogP) is 2.70. The Balaban J connectivity index is 0.00000134. The molecule has 4 aromatic rings. The summed E-state index contributed by atoms with van der Waals surface area (Å²) in [6.07, 6.45) is 1.21. The first kappa shape index (κ1) is 29.3. The van der Waals surface area contributed by atoms with Gasteiger partial charge in [0.25, 0.3) is 11.5 Å². The first-order valence-electron chi connectivity index (χ1n) is 12.8. The van der Waals surface area contributed by atoms with Gasteiger partial charge in [-0.1, -0.05) is 18.2 Å². The van der Waals surface area contributed by atoms with Crippen LogP contribution in [0.1, 0.15) is 28.0 Å². The molecule has 1 amide bonds. The van der Waals surface area contributed by atoms with Gasteiger partial charge in [0.05, 0.1) is 18.5 Å². The summed E-state index contributed by atoms with van der Waals surface area (Å²) in [5, 5.41) is 18.4. The number of aromatic nitrogens is 3. The highest BCUT2D eigenvalue weighted by molar-refractivity contribution is 5.94. The van der Waals surface area contributed by atoms with Crippen LogP contribution in [0.15, 0.2) is 65.5 Å². The van der Waals surface area contributed by atoms with Crippen LogP contribution < -0.4 is 26.2 Å². The highest BCUT2D eigenvalue weighted by atomic mass is 16.5. The van der Waals surface area contributed by atoms with Crippen molar-refractivity contribution in [2.45, 2.75) is 19.8 Å². The van der Waals surface area contributed by atoms with Crippen LogP contribution in [-0.2, 0) is 6.42 Å². The Hall–Kier alpha value is -4.28. The van der Waals surface area contributed by atoms with Crippen molar-refractivity contribution in [3.8, 4) is 11.4 Å². The van der Waals surface area contributed by atoms with Crippen LogP contribution in [0, 0.1) is 6.92 Å². The quantitative estimate of drug-likeness (QED) is 0.229. The van der Waals surface area contributed by atoms with E-state index < -0.39 is 0 Å². The number of carbonyl (C=O) groups is 1. The third kappa shape index (κ3) is 7.62. The van der Waals surface area contributed by atoms with E-state index in [1.54, 1.807) is 37.4 Å². The lowest BCUT2D eigenvalue weighted by molar-refractivity contribution is 0.0951. The molecule has 0 aliphatic carbocycles. The van der Waals surface area contributed by atoms with E-state index in [-0.39, 0.29) is 18.1 Å². The van der Waals surface area contributed by atoms with Crippen molar-refractivity contribution in [2.75, 3.05) is 46.2 Å². The summed E-state index contributed by atoms with van der Waals surface area (Å²) in [4.78, 5) is 34.4. The summed E-state index contributed by atoms with van der Waals surface area (Å²) in [5.74, 6) is 1.02. The van der Waals surface area contributed by atoms with Gasteiger partial charge in [-0.05, 0) is 75.8 Å². The van der Waals surface area contributed by atoms with E-state index in [2.05, 4.69) is 25.9 Å². The van der Waals surface area contributed by atoms with Crippen LogP contribution >= 0.6 is 0 Å². The number of aliphatic hydroxyl groups is 1. The molecule has 0 spiro atoms.